The third-order valence-electron chi connectivity index (χ3n) is 3.65. The minimum absolute atomic E-state index is 0.403. The Morgan fingerprint density at radius 1 is 0.963 bits per heavy atom. The summed E-state index contributed by atoms with van der Waals surface area (Å²) in [6.07, 6.45) is 1.43. The number of nitrogens with one attached hydrogen (secondary N) is 2. The lowest BCUT2D eigenvalue weighted by atomic mass is 10.2. The predicted octanol–water partition coefficient (Wildman–Crippen LogP) is 4.41. The molecule has 0 aliphatic carbocycles. The van der Waals surface area contributed by atoms with E-state index in [9.17, 15) is 4.79 Å². The molecule has 0 amide bonds. The van der Waals surface area contributed by atoms with Gasteiger partial charge in [0.25, 0.3) is 0 Å². The Labute approximate surface area is 161 Å². The van der Waals surface area contributed by atoms with Gasteiger partial charge in [0.05, 0.1) is 24.8 Å². The molecule has 2 N–H and O–H groups in total. The summed E-state index contributed by atoms with van der Waals surface area (Å²) >= 11 is 6.14. The first-order valence-corrected chi connectivity index (χ1v) is 8.35. The van der Waals surface area contributed by atoms with Crippen LogP contribution in [0.25, 0.3) is 0 Å². The number of anilines is 4. The Kier molecular flexibility index (Phi) is 5.73. The van der Waals surface area contributed by atoms with E-state index in [0.717, 1.165) is 5.69 Å². The van der Waals surface area contributed by atoms with Crippen LogP contribution in [0.15, 0.2) is 54.9 Å². The normalized spacial score (nSPS) is 10.2. The van der Waals surface area contributed by atoms with Crippen molar-refractivity contribution < 1.29 is 14.3 Å². The van der Waals surface area contributed by atoms with E-state index in [1.165, 1.54) is 13.4 Å². The molecule has 3 aromatic rings. The summed E-state index contributed by atoms with van der Waals surface area (Å²) in [5.41, 5.74) is 1.91. The Morgan fingerprint density at radius 2 is 1.67 bits per heavy atom. The monoisotopic (exact) mass is 384 g/mol. The molecule has 0 aliphatic rings. The summed E-state index contributed by atoms with van der Waals surface area (Å²) < 4.78 is 9.87. The maximum absolute atomic E-state index is 11.6. The van der Waals surface area contributed by atoms with E-state index < -0.39 is 5.97 Å². The molecule has 0 aliphatic heterocycles. The van der Waals surface area contributed by atoms with Crippen molar-refractivity contribution in [3.63, 3.8) is 0 Å². The smallest absolute Gasteiger partial charge is 0.337 e. The number of hydrogen-bond acceptors (Lipinski definition) is 7. The number of aromatic nitrogens is 2. The fourth-order valence-electron chi connectivity index (χ4n) is 2.38. The maximum Gasteiger partial charge on any atom is 0.337 e. The van der Waals surface area contributed by atoms with E-state index >= 15 is 0 Å². The third kappa shape index (κ3) is 4.65. The van der Waals surface area contributed by atoms with Crippen LogP contribution in [0, 0.1) is 0 Å². The van der Waals surface area contributed by atoms with Gasteiger partial charge in [-0.15, -0.1) is 0 Å². The number of benzene rings is 2. The van der Waals surface area contributed by atoms with Crippen molar-refractivity contribution in [3.8, 4) is 5.75 Å². The average molecular weight is 385 g/mol. The van der Waals surface area contributed by atoms with Crippen molar-refractivity contribution in [1.29, 1.82) is 0 Å². The summed E-state index contributed by atoms with van der Waals surface area (Å²) in [7, 11) is 2.90. The number of carbonyl (C=O) groups excluding carboxylic acids is 1. The molecule has 0 saturated heterocycles. The summed E-state index contributed by atoms with van der Waals surface area (Å²) in [6.45, 7) is 0. The van der Waals surface area contributed by atoms with Crippen LogP contribution in [0.5, 0.6) is 5.75 Å². The molecule has 138 valence electrons. The van der Waals surface area contributed by atoms with Gasteiger partial charge in [-0.1, -0.05) is 17.7 Å². The molecule has 0 atom stereocenters. The van der Waals surface area contributed by atoms with Crippen molar-refractivity contribution >= 4 is 40.6 Å². The zero-order chi connectivity index (χ0) is 19.2. The van der Waals surface area contributed by atoms with E-state index in [4.69, 9.17) is 21.1 Å². The maximum atomic E-state index is 11.6. The minimum atomic E-state index is -0.403. The van der Waals surface area contributed by atoms with Crippen LogP contribution in [0.4, 0.5) is 23.0 Å². The second-order valence-electron chi connectivity index (χ2n) is 5.46. The van der Waals surface area contributed by atoms with Crippen molar-refractivity contribution in [2.75, 3.05) is 24.9 Å². The van der Waals surface area contributed by atoms with Crippen molar-refractivity contribution in [2.24, 2.45) is 0 Å². The highest BCUT2D eigenvalue weighted by Crippen LogP contribution is 2.29. The van der Waals surface area contributed by atoms with Gasteiger partial charge in [-0.3, -0.25) is 0 Å². The van der Waals surface area contributed by atoms with Crippen LogP contribution in [-0.4, -0.2) is 30.2 Å². The predicted molar refractivity (Wildman–Crippen MR) is 104 cm³/mol. The number of ether oxygens (including phenoxy) is 2. The standard InChI is InChI=1S/C19H17ClN4O3/c1-26-16-7-6-14(9-15(16)20)24-18-10-17(21-11-22-18)23-13-5-3-4-12(8-13)19(25)27-2/h3-11H,1-2H3,(H2,21,22,23,24). The lowest BCUT2D eigenvalue weighted by Gasteiger charge is -2.10. The lowest BCUT2D eigenvalue weighted by molar-refractivity contribution is 0.0601. The fourth-order valence-corrected chi connectivity index (χ4v) is 2.63. The van der Waals surface area contributed by atoms with E-state index in [0.29, 0.717) is 33.7 Å². The zero-order valence-corrected chi connectivity index (χ0v) is 15.4. The molecule has 0 bridgehead atoms. The van der Waals surface area contributed by atoms with Crippen LogP contribution >= 0.6 is 11.6 Å². The average Bonchev–Trinajstić information content (AvgIpc) is 2.68. The van der Waals surface area contributed by atoms with Gasteiger partial charge in [0.1, 0.15) is 23.7 Å². The first kappa shape index (κ1) is 18.5. The first-order chi connectivity index (χ1) is 13.1. The molecule has 0 unspecified atom stereocenters. The number of esters is 1. The Bertz CT molecular complexity index is 965. The molecule has 1 aromatic heterocycles. The SMILES string of the molecule is COC(=O)c1cccc(Nc2cc(Nc3ccc(OC)c(Cl)c3)ncn2)c1. The van der Waals surface area contributed by atoms with Crippen LogP contribution in [0.1, 0.15) is 10.4 Å². The fraction of sp³-hybridized carbons (Fsp3) is 0.105. The third-order valence-corrected chi connectivity index (χ3v) is 3.94. The van der Waals surface area contributed by atoms with Crippen molar-refractivity contribution in [1.82, 2.24) is 9.97 Å². The number of rotatable bonds is 6. The van der Waals surface area contributed by atoms with Gasteiger partial charge in [0.15, 0.2) is 0 Å². The molecule has 27 heavy (non-hydrogen) atoms. The van der Waals surface area contributed by atoms with Gasteiger partial charge < -0.3 is 20.1 Å². The van der Waals surface area contributed by atoms with Crippen molar-refractivity contribution in [2.45, 2.75) is 0 Å². The van der Waals surface area contributed by atoms with Gasteiger partial charge in [0, 0.05) is 17.4 Å². The molecule has 0 fully saturated rings. The molecular formula is C19H17ClN4O3. The Morgan fingerprint density at radius 3 is 2.30 bits per heavy atom. The molecular weight excluding hydrogens is 368 g/mol. The second kappa shape index (κ2) is 8.37. The molecule has 7 nitrogen and oxygen atoms in total. The Balaban J connectivity index is 1.76. The quantitative estimate of drug-likeness (QED) is 0.608. The molecule has 0 radical (unpaired) electrons. The van der Waals surface area contributed by atoms with Crippen LogP contribution < -0.4 is 15.4 Å². The number of halogens is 1. The summed E-state index contributed by atoms with van der Waals surface area (Å²) in [5, 5.41) is 6.78. The van der Waals surface area contributed by atoms with E-state index in [-0.39, 0.29) is 0 Å². The largest absolute Gasteiger partial charge is 0.495 e. The number of carbonyl (C=O) groups is 1. The van der Waals surface area contributed by atoms with E-state index in [2.05, 4.69) is 20.6 Å². The van der Waals surface area contributed by atoms with Crippen molar-refractivity contribution in [3.05, 3.63) is 65.4 Å². The molecule has 1 heterocycles. The molecule has 8 heteroatoms. The molecule has 3 rings (SSSR count). The highest BCUT2D eigenvalue weighted by Gasteiger charge is 2.07. The van der Waals surface area contributed by atoms with Crippen LogP contribution in [0.2, 0.25) is 5.02 Å². The van der Waals surface area contributed by atoms with E-state index in [1.54, 1.807) is 43.5 Å². The summed E-state index contributed by atoms with van der Waals surface area (Å²) in [4.78, 5) is 20.0. The topological polar surface area (TPSA) is 85.4 Å². The Hall–Kier alpha value is -3.32. The summed E-state index contributed by atoms with van der Waals surface area (Å²) in [5.74, 6) is 1.34. The first-order valence-electron chi connectivity index (χ1n) is 7.97. The molecule has 0 spiro atoms. The lowest BCUT2D eigenvalue weighted by Crippen LogP contribution is -2.02. The summed E-state index contributed by atoms with van der Waals surface area (Å²) in [6, 6.07) is 14.0. The number of methoxy groups -OCH3 is 2. The van der Waals surface area contributed by atoms with E-state index in [1.807, 2.05) is 12.1 Å². The molecule has 0 saturated carbocycles. The minimum Gasteiger partial charge on any atom is -0.495 e. The highest BCUT2D eigenvalue weighted by atomic mass is 35.5. The second-order valence-corrected chi connectivity index (χ2v) is 5.87. The number of nitrogens with zero attached hydrogens (tertiary/aromatic N) is 2. The van der Waals surface area contributed by atoms with Gasteiger partial charge in [-0.05, 0) is 36.4 Å². The highest BCUT2D eigenvalue weighted by molar-refractivity contribution is 6.32. The number of hydrogen-bond donors (Lipinski definition) is 2. The van der Waals surface area contributed by atoms with Gasteiger partial charge >= 0.3 is 5.97 Å². The zero-order valence-electron chi connectivity index (χ0n) is 14.7. The molecule has 2 aromatic carbocycles. The van der Waals surface area contributed by atoms with Gasteiger partial charge in [-0.25, -0.2) is 14.8 Å². The van der Waals surface area contributed by atoms with Gasteiger partial charge in [-0.2, -0.15) is 0 Å². The van der Waals surface area contributed by atoms with Gasteiger partial charge in [0.2, 0.25) is 0 Å². The van der Waals surface area contributed by atoms with Crippen LogP contribution in [0.3, 0.4) is 0 Å². The van der Waals surface area contributed by atoms with Crippen LogP contribution in [-0.2, 0) is 4.74 Å².